The molecule has 0 saturated carbocycles. The van der Waals surface area contributed by atoms with Gasteiger partial charge in [0.15, 0.2) is 0 Å². The highest BCUT2D eigenvalue weighted by molar-refractivity contribution is 7.89. The highest BCUT2D eigenvalue weighted by atomic mass is 32.2. The first-order chi connectivity index (χ1) is 11.0. The van der Waals surface area contributed by atoms with Crippen LogP contribution < -0.4 is 10.0 Å². The standard InChI is InChI=1S/C15H19N3O3S2/c1-16-23(20,21)10-9-17-14(19)7-8-15-18-13(11-22-15)12-5-3-2-4-6-12/h2-6,11,16H,7-10H2,1H3,(H,17,19). The van der Waals surface area contributed by atoms with Gasteiger partial charge in [0.1, 0.15) is 0 Å². The molecule has 0 bridgehead atoms. The van der Waals surface area contributed by atoms with Crippen LogP contribution in [0.25, 0.3) is 11.3 Å². The van der Waals surface area contributed by atoms with Crippen LogP contribution in [0.1, 0.15) is 11.4 Å². The van der Waals surface area contributed by atoms with E-state index >= 15 is 0 Å². The van der Waals surface area contributed by atoms with Gasteiger partial charge in [-0.15, -0.1) is 11.3 Å². The predicted molar refractivity (Wildman–Crippen MR) is 91.7 cm³/mol. The summed E-state index contributed by atoms with van der Waals surface area (Å²) < 4.78 is 24.7. The van der Waals surface area contributed by atoms with Crippen molar-refractivity contribution >= 4 is 27.3 Å². The highest BCUT2D eigenvalue weighted by Crippen LogP contribution is 2.22. The lowest BCUT2D eigenvalue weighted by molar-refractivity contribution is -0.120. The molecule has 8 heteroatoms. The van der Waals surface area contributed by atoms with E-state index < -0.39 is 10.0 Å². The fraction of sp³-hybridized carbons (Fsp3) is 0.333. The first kappa shape index (κ1) is 17.6. The number of sulfonamides is 1. The molecule has 23 heavy (non-hydrogen) atoms. The molecule has 0 aliphatic rings. The summed E-state index contributed by atoms with van der Waals surface area (Å²) in [6.45, 7) is 0.106. The summed E-state index contributed by atoms with van der Waals surface area (Å²) in [7, 11) is -1.93. The molecule has 6 nitrogen and oxygen atoms in total. The minimum atomic E-state index is -3.28. The zero-order valence-corrected chi connectivity index (χ0v) is 14.4. The largest absolute Gasteiger partial charge is 0.355 e. The van der Waals surface area contributed by atoms with Crippen LogP contribution >= 0.6 is 11.3 Å². The van der Waals surface area contributed by atoms with E-state index in [-0.39, 0.29) is 18.2 Å². The number of aryl methyl sites for hydroxylation is 1. The molecule has 1 aromatic heterocycles. The molecule has 0 aliphatic heterocycles. The summed E-state index contributed by atoms with van der Waals surface area (Å²) in [4.78, 5) is 16.2. The van der Waals surface area contributed by atoms with Crippen LogP contribution in [-0.4, -0.2) is 38.7 Å². The monoisotopic (exact) mass is 353 g/mol. The van der Waals surface area contributed by atoms with E-state index in [1.807, 2.05) is 35.7 Å². The minimum absolute atomic E-state index is 0.106. The quantitative estimate of drug-likeness (QED) is 0.751. The van der Waals surface area contributed by atoms with E-state index in [1.54, 1.807) is 0 Å². The molecule has 0 aliphatic carbocycles. The van der Waals surface area contributed by atoms with Gasteiger partial charge in [-0.2, -0.15) is 0 Å². The molecular formula is C15H19N3O3S2. The van der Waals surface area contributed by atoms with Crippen LogP contribution in [0, 0.1) is 0 Å². The van der Waals surface area contributed by atoms with E-state index in [2.05, 4.69) is 15.0 Å². The zero-order valence-electron chi connectivity index (χ0n) is 12.8. The van der Waals surface area contributed by atoms with Crippen molar-refractivity contribution in [2.75, 3.05) is 19.3 Å². The Balaban J connectivity index is 1.78. The normalized spacial score (nSPS) is 11.3. The maximum atomic E-state index is 11.7. The molecule has 1 heterocycles. The minimum Gasteiger partial charge on any atom is -0.355 e. The number of rotatable bonds is 8. The second-order valence-corrected chi connectivity index (χ2v) is 7.85. The number of hydrogen-bond donors (Lipinski definition) is 2. The third-order valence-electron chi connectivity index (χ3n) is 3.19. The number of nitrogens with one attached hydrogen (secondary N) is 2. The van der Waals surface area contributed by atoms with Crippen LogP contribution in [0.5, 0.6) is 0 Å². The van der Waals surface area contributed by atoms with Crippen molar-refractivity contribution in [1.29, 1.82) is 0 Å². The maximum Gasteiger partial charge on any atom is 0.220 e. The van der Waals surface area contributed by atoms with Crippen LogP contribution in [0.3, 0.4) is 0 Å². The number of carbonyl (C=O) groups excluding carboxylic acids is 1. The fourth-order valence-corrected chi connectivity index (χ4v) is 3.29. The average molecular weight is 353 g/mol. The molecule has 2 aromatic rings. The van der Waals surface area contributed by atoms with Crippen LogP contribution in [-0.2, 0) is 21.2 Å². The zero-order chi connectivity index (χ0) is 16.7. The Morgan fingerprint density at radius 1 is 1.26 bits per heavy atom. The molecule has 2 N–H and O–H groups in total. The van der Waals surface area contributed by atoms with Crippen molar-refractivity contribution in [3.8, 4) is 11.3 Å². The summed E-state index contributed by atoms with van der Waals surface area (Å²) >= 11 is 1.52. The lowest BCUT2D eigenvalue weighted by Crippen LogP contribution is -2.33. The van der Waals surface area contributed by atoms with Gasteiger partial charge >= 0.3 is 0 Å². The van der Waals surface area contributed by atoms with Crippen molar-refractivity contribution in [3.63, 3.8) is 0 Å². The molecule has 0 saturated heterocycles. The number of amides is 1. The summed E-state index contributed by atoms with van der Waals surface area (Å²) in [5.41, 5.74) is 1.96. The van der Waals surface area contributed by atoms with Gasteiger partial charge in [0.05, 0.1) is 16.5 Å². The molecule has 0 atom stereocenters. The van der Waals surface area contributed by atoms with Crippen LogP contribution in [0.15, 0.2) is 35.7 Å². The highest BCUT2D eigenvalue weighted by Gasteiger charge is 2.09. The second-order valence-electron chi connectivity index (χ2n) is 4.87. The first-order valence-electron chi connectivity index (χ1n) is 7.18. The van der Waals surface area contributed by atoms with E-state index in [0.29, 0.717) is 12.8 Å². The number of nitrogens with zero attached hydrogens (tertiary/aromatic N) is 1. The third-order valence-corrected chi connectivity index (χ3v) is 5.46. The molecule has 1 amide bonds. The van der Waals surface area contributed by atoms with Crippen molar-refractivity contribution in [2.24, 2.45) is 0 Å². The van der Waals surface area contributed by atoms with Crippen LogP contribution in [0.4, 0.5) is 0 Å². The van der Waals surface area contributed by atoms with Gasteiger partial charge in [-0.05, 0) is 7.05 Å². The number of aromatic nitrogens is 1. The number of thiazole rings is 1. The van der Waals surface area contributed by atoms with E-state index in [1.165, 1.54) is 18.4 Å². The lowest BCUT2D eigenvalue weighted by atomic mass is 10.2. The molecular weight excluding hydrogens is 334 g/mol. The molecule has 0 radical (unpaired) electrons. The van der Waals surface area contributed by atoms with E-state index in [9.17, 15) is 13.2 Å². The van der Waals surface area contributed by atoms with Crippen molar-refractivity contribution < 1.29 is 13.2 Å². The smallest absolute Gasteiger partial charge is 0.220 e. The van der Waals surface area contributed by atoms with E-state index in [4.69, 9.17) is 0 Å². The SMILES string of the molecule is CNS(=O)(=O)CCNC(=O)CCc1nc(-c2ccccc2)cs1. The Kier molecular flexibility index (Phi) is 6.26. The molecule has 0 spiro atoms. The molecule has 124 valence electrons. The lowest BCUT2D eigenvalue weighted by Gasteiger charge is -2.04. The van der Waals surface area contributed by atoms with Gasteiger partial charge in [-0.1, -0.05) is 30.3 Å². The second kappa shape index (κ2) is 8.19. The van der Waals surface area contributed by atoms with Crippen molar-refractivity contribution in [3.05, 3.63) is 40.7 Å². The van der Waals surface area contributed by atoms with Gasteiger partial charge in [0.25, 0.3) is 0 Å². The Labute approximate surface area is 140 Å². The number of hydrogen-bond acceptors (Lipinski definition) is 5. The first-order valence-corrected chi connectivity index (χ1v) is 9.71. The topological polar surface area (TPSA) is 88.2 Å². The summed E-state index contributed by atoms with van der Waals surface area (Å²) in [6.07, 6.45) is 0.837. The fourth-order valence-electron chi connectivity index (χ4n) is 1.90. The Morgan fingerprint density at radius 3 is 2.70 bits per heavy atom. The summed E-state index contributed by atoms with van der Waals surface area (Å²) in [5, 5.41) is 5.47. The predicted octanol–water partition coefficient (Wildman–Crippen LogP) is 1.41. The summed E-state index contributed by atoms with van der Waals surface area (Å²) in [6, 6.07) is 9.86. The third kappa shape index (κ3) is 5.74. The molecule has 1 aromatic carbocycles. The van der Waals surface area contributed by atoms with Gasteiger partial charge in [-0.3, -0.25) is 4.79 Å². The molecule has 0 fully saturated rings. The Morgan fingerprint density at radius 2 is 2.00 bits per heavy atom. The summed E-state index contributed by atoms with van der Waals surface area (Å²) in [5.74, 6) is -0.294. The van der Waals surface area contributed by atoms with Gasteiger partial charge in [0, 0.05) is 30.3 Å². The van der Waals surface area contributed by atoms with Gasteiger partial charge < -0.3 is 5.32 Å². The molecule has 0 unspecified atom stereocenters. The van der Waals surface area contributed by atoms with Crippen molar-refractivity contribution in [2.45, 2.75) is 12.8 Å². The Bertz CT molecular complexity index is 742. The van der Waals surface area contributed by atoms with Crippen LogP contribution in [0.2, 0.25) is 0 Å². The number of carbonyl (C=O) groups is 1. The molecule has 2 rings (SSSR count). The van der Waals surface area contributed by atoms with E-state index in [0.717, 1.165) is 16.3 Å². The van der Waals surface area contributed by atoms with Crippen molar-refractivity contribution in [1.82, 2.24) is 15.0 Å². The Hall–Kier alpha value is -1.77. The van der Waals surface area contributed by atoms with Gasteiger partial charge in [0.2, 0.25) is 15.9 Å². The van der Waals surface area contributed by atoms with Gasteiger partial charge in [-0.25, -0.2) is 18.1 Å². The maximum absolute atomic E-state index is 11.7. The number of benzene rings is 1. The average Bonchev–Trinajstić information content (AvgIpc) is 3.03.